The van der Waals surface area contributed by atoms with E-state index in [0.29, 0.717) is 65.5 Å². The number of nitrogens with zero attached hydrogens (tertiary/aromatic N) is 4. The van der Waals surface area contributed by atoms with Gasteiger partial charge in [0.2, 0.25) is 5.79 Å². The molecular weight excluding hydrogens is 413 g/mol. The molecule has 2 aromatic heterocycles. The summed E-state index contributed by atoms with van der Waals surface area (Å²) in [6.45, 7) is 6.67. The van der Waals surface area contributed by atoms with Crippen molar-refractivity contribution in [2.75, 3.05) is 18.0 Å². The van der Waals surface area contributed by atoms with Gasteiger partial charge in [-0.1, -0.05) is 11.2 Å². The number of pyridine rings is 1. The lowest BCUT2D eigenvalue weighted by Crippen LogP contribution is -2.38. The highest BCUT2D eigenvalue weighted by Crippen LogP contribution is 2.43. The van der Waals surface area contributed by atoms with E-state index in [1.165, 1.54) is 0 Å². The first-order valence-corrected chi connectivity index (χ1v) is 10.1. The summed E-state index contributed by atoms with van der Waals surface area (Å²) < 4.78 is 44.5. The van der Waals surface area contributed by atoms with Crippen LogP contribution >= 0.6 is 0 Å². The van der Waals surface area contributed by atoms with E-state index in [0.717, 1.165) is 5.56 Å². The Morgan fingerprint density at radius 3 is 2.35 bits per heavy atom. The Bertz CT molecular complexity index is 1160. The lowest BCUT2D eigenvalue weighted by molar-refractivity contribution is -0.127. The van der Waals surface area contributed by atoms with Crippen LogP contribution in [0.1, 0.15) is 35.4 Å². The summed E-state index contributed by atoms with van der Waals surface area (Å²) in [5, 5.41) is 4.55. The van der Waals surface area contributed by atoms with E-state index in [2.05, 4.69) is 15.0 Å². The molecule has 0 aliphatic carbocycles. The Kier molecular flexibility index (Phi) is 4.49. The summed E-state index contributed by atoms with van der Waals surface area (Å²) in [5.74, 6) is 0.972. The average Bonchev–Trinajstić information content (AvgIpc) is 3.30. The Balaban J connectivity index is 1.67. The third kappa shape index (κ3) is 3.74. The molecule has 2 fully saturated rings. The minimum atomic E-state index is -4.29. The molecule has 5 rings (SSSR count). The fourth-order valence-electron chi connectivity index (χ4n) is 4.25. The van der Waals surface area contributed by atoms with Crippen molar-refractivity contribution in [2.45, 2.75) is 52.0 Å². The first-order chi connectivity index (χ1) is 14.6. The first-order valence-electron chi connectivity index (χ1n) is 10.1. The monoisotopic (exact) mass is 434 g/mol. The summed E-state index contributed by atoms with van der Waals surface area (Å²) in [5.41, 5.74) is 2.96. The van der Waals surface area contributed by atoms with E-state index in [1.54, 1.807) is 26.0 Å². The SMILES string of the molecule is Cc1noc(-c2c(N3CCC4(CC3)OO4)nc3c(C)cc(CC(F)(F)F)cc3c2C)n1. The van der Waals surface area contributed by atoms with Crippen LogP contribution < -0.4 is 4.90 Å². The van der Waals surface area contributed by atoms with Crippen molar-refractivity contribution in [1.29, 1.82) is 0 Å². The molecule has 0 radical (unpaired) electrons. The number of fused-ring (bicyclic) bond motifs is 1. The number of anilines is 1. The molecule has 2 saturated heterocycles. The van der Waals surface area contributed by atoms with Gasteiger partial charge in [0.05, 0.1) is 17.5 Å². The molecule has 2 aliphatic rings. The zero-order chi connectivity index (χ0) is 22.0. The molecule has 10 heteroatoms. The highest BCUT2D eigenvalue weighted by atomic mass is 19.4. The minimum absolute atomic E-state index is 0.200. The molecule has 0 saturated carbocycles. The van der Waals surface area contributed by atoms with Gasteiger partial charge in [0.1, 0.15) is 5.82 Å². The maximum atomic E-state index is 13.0. The molecule has 1 spiro atoms. The summed E-state index contributed by atoms with van der Waals surface area (Å²) >= 11 is 0. The molecule has 0 bridgehead atoms. The third-order valence-corrected chi connectivity index (χ3v) is 5.87. The first kappa shape index (κ1) is 20.2. The molecular formula is C21H21F3N4O3. The van der Waals surface area contributed by atoms with Crippen molar-refractivity contribution in [3.05, 3.63) is 34.6 Å². The number of alkyl halides is 3. The van der Waals surface area contributed by atoms with Crippen LogP contribution in [0.5, 0.6) is 0 Å². The smallest absolute Gasteiger partial charge is 0.356 e. The van der Waals surface area contributed by atoms with E-state index in [4.69, 9.17) is 19.3 Å². The summed E-state index contributed by atoms with van der Waals surface area (Å²) in [4.78, 5) is 21.6. The fourth-order valence-corrected chi connectivity index (χ4v) is 4.25. The second-order valence-electron chi connectivity index (χ2n) is 8.25. The van der Waals surface area contributed by atoms with Gasteiger partial charge in [0, 0.05) is 31.3 Å². The maximum Gasteiger partial charge on any atom is 0.393 e. The van der Waals surface area contributed by atoms with Crippen molar-refractivity contribution in [3.63, 3.8) is 0 Å². The van der Waals surface area contributed by atoms with Gasteiger partial charge in [0.15, 0.2) is 5.82 Å². The predicted octanol–water partition coefficient (Wildman–Crippen LogP) is 4.57. The molecule has 0 atom stereocenters. The van der Waals surface area contributed by atoms with Crippen molar-refractivity contribution in [3.8, 4) is 11.5 Å². The van der Waals surface area contributed by atoms with Crippen LogP contribution in [0.15, 0.2) is 16.7 Å². The van der Waals surface area contributed by atoms with Gasteiger partial charge < -0.3 is 9.42 Å². The fraction of sp³-hybridized carbons (Fsp3) is 0.476. The number of benzene rings is 1. The topological polar surface area (TPSA) is 80.1 Å². The van der Waals surface area contributed by atoms with Crippen LogP contribution in [0.25, 0.3) is 22.4 Å². The Hall–Kier alpha value is -2.72. The number of piperidine rings is 1. The molecule has 7 nitrogen and oxygen atoms in total. The van der Waals surface area contributed by atoms with Gasteiger partial charge in [0.25, 0.3) is 5.89 Å². The summed E-state index contributed by atoms with van der Waals surface area (Å²) in [7, 11) is 0. The molecule has 0 amide bonds. The van der Waals surface area contributed by atoms with Gasteiger partial charge in [-0.15, -0.1) is 0 Å². The number of aromatic nitrogens is 3. The predicted molar refractivity (Wildman–Crippen MR) is 105 cm³/mol. The van der Waals surface area contributed by atoms with Gasteiger partial charge >= 0.3 is 6.18 Å². The molecule has 0 unspecified atom stereocenters. The van der Waals surface area contributed by atoms with E-state index < -0.39 is 18.4 Å². The number of halogens is 3. The van der Waals surface area contributed by atoms with Crippen LogP contribution in [-0.4, -0.2) is 40.2 Å². The highest BCUT2D eigenvalue weighted by molar-refractivity contribution is 5.94. The normalized spacial score (nSPS) is 18.2. The molecule has 31 heavy (non-hydrogen) atoms. The number of hydrogen-bond acceptors (Lipinski definition) is 7. The van der Waals surface area contributed by atoms with Crippen molar-refractivity contribution < 1.29 is 27.5 Å². The standard InChI is InChI=1S/C21H21F3N4O3/c1-11-8-14(10-21(22,23)24)9-15-12(2)16(19-25-13(3)27-29-19)18(26-17(11)15)28-6-4-20(5-7-28)30-31-20/h8-9H,4-7,10H2,1-3H3. The maximum absolute atomic E-state index is 13.0. The Labute approximate surface area is 176 Å². The zero-order valence-electron chi connectivity index (χ0n) is 17.3. The number of aryl methyl sites for hydroxylation is 3. The van der Waals surface area contributed by atoms with Gasteiger partial charge in [-0.2, -0.15) is 27.9 Å². The van der Waals surface area contributed by atoms with E-state index >= 15 is 0 Å². The lowest BCUT2D eigenvalue weighted by atomic mass is 9.96. The molecule has 2 aliphatic heterocycles. The molecule has 4 heterocycles. The van der Waals surface area contributed by atoms with Gasteiger partial charge in [-0.25, -0.2) is 4.98 Å². The van der Waals surface area contributed by atoms with Crippen molar-refractivity contribution in [2.24, 2.45) is 0 Å². The van der Waals surface area contributed by atoms with E-state index in [9.17, 15) is 13.2 Å². The van der Waals surface area contributed by atoms with E-state index in [1.807, 2.05) is 6.92 Å². The van der Waals surface area contributed by atoms with Crippen LogP contribution in [0.2, 0.25) is 0 Å². The second kappa shape index (κ2) is 6.89. The lowest BCUT2D eigenvalue weighted by Gasteiger charge is -2.31. The molecule has 3 aromatic rings. The van der Waals surface area contributed by atoms with Crippen LogP contribution in [-0.2, 0) is 16.2 Å². The zero-order valence-corrected chi connectivity index (χ0v) is 17.3. The third-order valence-electron chi connectivity index (χ3n) is 5.87. The van der Waals surface area contributed by atoms with Crippen molar-refractivity contribution in [1.82, 2.24) is 15.1 Å². The Morgan fingerprint density at radius 2 is 1.77 bits per heavy atom. The molecule has 0 N–H and O–H groups in total. The number of rotatable bonds is 3. The largest absolute Gasteiger partial charge is 0.393 e. The quantitative estimate of drug-likeness (QED) is 0.441. The summed E-state index contributed by atoms with van der Waals surface area (Å²) in [6.07, 6.45) is -3.89. The molecule has 1 aromatic carbocycles. The second-order valence-corrected chi connectivity index (χ2v) is 8.25. The highest BCUT2D eigenvalue weighted by Gasteiger charge is 2.51. The van der Waals surface area contributed by atoms with Crippen LogP contribution in [0.4, 0.5) is 19.0 Å². The number of hydrogen-bond donors (Lipinski definition) is 0. The van der Waals surface area contributed by atoms with E-state index in [-0.39, 0.29) is 5.56 Å². The van der Waals surface area contributed by atoms with Gasteiger partial charge in [-0.05, 0) is 43.5 Å². The van der Waals surface area contributed by atoms with Crippen molar-refractivity contribution >= 4 is 16.7 Å². The average molecular weight is 434 g/mol. The Morgan fingerprint density at radius 1 is 1.06 bits per heavy atom. The van der Waals surface area contributed by atoms with Gasteiger partial charge in [-0.3, -0.25) is 0 Å². The molecule has 164 valence electrons. The minimum Gasteiger partial charge on any atom is -0.356 e. The summed E-state index contributed by atoms with van der Waals surface area (Å²) in [6, 6.07) is 3.12. The van der Waals surface area contributed by atoms with Crippen LogP contribution in [0, 0.1) is 20.8 Å². The van der Waals surface area contributed by atoms with Crippen LogP contribution in [0.3, 0.4) is 0 Å².